The van der Waals surface area contributed by atoms with Crippen LogP contribution < -0.4 is 4.83 Å². The number of hydrazone groups is 1. The van der Waals surface area contributed by atoms with Gasteiger partial charge in [-0.15, -0.1) is 0 Å². The first-order chi connectivity index (χ1) is 11.3. The number of benzene rings is 2. The van der Waals surface area contributed by atoms with Crippen molar-refractivity contribution in [3.63, 3.8) is 0 Å². The summed E-state index contributed by atoms with van der Waals surface area (Å²) in [5.74, 6) is 0. The fourth-order valence-corrected chi connectivity index (χ4v) is 2.83. The Bertz CT molecular complexity index is 875. The molecule has 126 valence electrons. The maximum absolute atomic E-state index is 12.2. The molecule has 0 aliphatic carbocycles. The van der Waals surface area contributed by atoms with Gasteiger partial charge in [0.25, 0.3) is 15.7 Å². The molecule has 0 heterocycles. The normalized spacial score (nSPS) is 11.6. The van der Waals surface area contributed by atoms with E-state index >= 15 is 0 Å². The van der Waals surface area contributed by atoms with Gasteiger partial charge >= 0.3 is 0 Å². The van der Waals surface area contributed by atoms with E-state index in [0.717, 1.165) is 18.1 Å². The van der Waals surface area contributed by atoms with Gasteiger partial charge < -0.3 is 0 Å². The Morgan fingerprint density at radius 3 is 2.46 bits per heavy atom. The molecule has 0 radical (unpaired) electrons. The summed E-state index contributed by atoms with van der Waals surface area (Å²) >= 11 is 0. The number of aryl methyl sites for hydroxylation is 2. The van der Waals surface area contributed by atoms with Gasteiger partial charge in [0.2, 0.25) is 0 Å². The van der Waals surface area contributed by atoms with Crippen LogP contribution in [-0.4, -0.2) is 19.6 Å². The van der Waals surface area contributed by atoms with Gasteiger partial charge in [0.05, 0.1) is 16.0 Å². The lowest BCUT2D eigenvalue weighted by Crippen LogP contribution is -2.18. The largest absolute Gasteiger partial charge is 0.276 e. The van der Waals surface area contributed by atoms with Gasteiger partial charge in [-0.25, -0.2) is 4.83 Å². The van der Waals surface area contributed by atoms with Crippen molar-refractivity contribution in [2.75, 3.05) is 0 Å². The molecular weight excluding hydrogens is 330 g/mol. The molecule has 0 bridgehead atoms. The van der Waals surface area contributed by atoms with Crippen molar-refractivity contribution in [3.8, 4) is 0 Å². The van der Waals surface area contributed by atoms with Gasteiger partial charge in [0, 0.05) is 11.6 Å². The van der Waals surface area contributed by atoms with Crippen molar-refractivity contribution in [1.82, 2.24) is 4.83 Å². The van der Waals surface area contributed by atoms with Crippen molar-refractivity contribution in [2.45, 2.75) is 25.2 Å². The number of sulfonamides is 1. The molecule has 0 amide bonds. The summed E-state index contributed by atoms with van der Waals surface area (Å²) in [7, 11) is -3.97. The predicted octanol–water partition coefficient (Wildman–Crippen LogP) is 2.78. The Morgan fingerprint density at radius 1 is 1.21 bits per heavy atom. The van der Waals surface area contributed by atoms with Crippen LogP contribution in [0.1, 0.15) is 23.6 Å². The van der Waals surface area contributed by atoms with Crippen LogP contribution in [0.25, 0.3) is 0 Å². The van der Waals surface area contributed by atoms with Crippen molar-refractivity contribution in [2.24, 2.45) is 5.10 Å². The van der Waals surface area contributed by atoms with Gasteiger partial charge in [0.15, 0.2) is 0 Å². The summed E-state index contributed by atoms with van der Waals surface area (Å²) in [4.78, 5) is 12.1. The first-order valence-corrected chi connectivity index (χ1v) is 8.70. The van der Waals surface area contributed by atoms with Crippen LogP contribution in [0, 0.1) is 17.0 Å². The Balaban J connectivity index is 2.17. The average Bonchev–Trinajstić information content (AvgIpc) is 2.55. The van der Waals surface area contributed by atoms with Gasteiger partial charge in [-0.05, 0) is 30.5 Å². The van der Waals surface area contributed by atoms with Gasteiger partial charge in [-0.3, -0.25) is 10.1 Å². The number of nitrogens with zero attached hydrogens (tertiary/aromatic N) is 2. The van der Waals surface area contributed by atoms with E-state index in [9.17, 15) is 18.5 Å². The number of nitrogens with one attached hydrogen (secondary N) is 1. The summed E-state index contributed by atoms with van der Waals surface area (Å²) < 4.78 is 24.3. The van der Waals surface area contributed by atoms with Gasteiger partial charge in [0.1, 0.15) is 0 Å². The first kappa shape index (κ1) is 17.6. The lowest BCUT2D eigenvalue weighted by atomic mass is 10.1. The average molecular weight is 347 g/mol. The van der Waals surface area contributed by atoms with Crippen molar-refractivity contribution < 1.29 is 13.3 Å². The summed E-state index contributed by atoms with van der Waals surface area (Å²) in [5.41, 5.74) is 2.04. The molecule has 0 saturated carbocycles. The maximum Gasteiger partial charge on any atom is 0.276 e. The number of rotatable bonds is 6. The Kier molecular flexibility index (Phi) is 5.30. The number of nitro benzene ring substituents is 1. The minimum atomic E-state index is -3.97. The highest BCUT2D eigenvalue weighted by Gasteiger charge is 2.19. The molecular formula is C16H17N3O4S. The predicted molar refractivity (Wildman–Crippen MR) is 91.6 cm³/mol. The highest BCUT2D eigenvalue weighted by molar-refractivity contribution is 7.89. The molecule has 2 aromatic rings. The highest BCUT2D eigenvalue weighted by atomic mass is 32.2. The molecule has 0 fully saturated rings. The summed E-state index contributed by atoms with van der Waals surface area (Å²) in [6, 6.07) is 11.2. The Labute approximate surface area is 140 Å². The third kappa shape index (κ3) is 4.17. The van der Waals surface area contributed by atoms with Crippen molar-refractivity contribution in [3.05, 3.63) is 69.3 Å². The van der Waals surface area contributed by atoms with Crippen LogP contribution in [0.2, 0.25) is 0 Å². The van der Waals surface area contributed by atoms with E-state index in [1.165, 1.54) is 23.9 Å². The fraction of sp³-hybridized carbons (Fsp3) is 0.188. The number of hydrogen-bond donors (Lipinski definition) is 1. The summed E-state index contributed by atoms with van der Waals surface area (Å²) in [6.07, 6.45) is 2.29. The second-order valence-corrected chi connectivity index (χ2v) is 6.81. The van der Waals surface area contributed by atoms with Crippen LogP contribution in [0.15, 0.2) is 52.5 Å². The molecule has 0 aliphatic rings. The lowest BCUT2D eigenvalue weighted by molar-refractivity contribution is -0.385. The second-order valence-electron chi connectivity index (χ2n) is 5.15. The minimum absolute atomic E-state index is 0.210. The quantitative estimate of drug-likeness (QED) is 0.493. The van der Waals surface area contributed by atoms with Gasteiger partial charge in [-0.2, -0.15) is 13.5 Å². The second kappa shape index (κ2) is 7.22. The third-order valence-electron chi connectivity index (χ3n) is 3.46. The molecule has 2 aromatic carbocycles. The number of nitro groups is 1. The van der Waals surface area contributed by atoms with Crippen molar-refractivity contribution in [1.29, 1.82) is 0 Å². The number of hydrogen-bond acceptors (Lipinski definition) is 5. The van der Waals surface area contributed by atoms with E-state index in [1.807, 2.05) is 31.2 Å². The SMILES string of the molecule is CCc1ccc(/C=N/NS(=O)(=O)c2ccc(C)c([N+](=O)[O-])c2)cc1. The molecule has 0 atom stereocenters. The topological polar surface area (TPSA) is 102 Å². The molecule has 8 heteroatoms. The molecule has 7 nitrogen and oxygen atoms in total. The van der Waals surface area contributed by atoms with Crippen LogP contribution in [0.3, 0.4) is 0 Å². The molecule has 0 aromatic heterocycles. The van der Waals surface area contributed by atoms with E-state index in [0.29, 0.717) is 5.56 Å². The molecule has 24 heavy (non-hydrogen) atoms. The minimum Gasteiger partial charge on any atom is -0.258 e. The van der Waals surface area contributed by atoms with E-state index in [2.05, 4.69) is 9.93 Å². The molecule has 0 unspecified atom stereocenters. The zero-order chi connectivity index (χ0) is 17.7. The van der Waals surface area contributed by atoms with E-state index in [-0.39, 0.29) is 10.6 Å². The summed E-state index contributed by atoms with van der Waals surface area (Å²) in [5, 5.41) is 14.6. The van der Waals surface area contributed by atoms with E-state index in [1.54, 1.807) is 6.92 Å². The first-order valence-electron chi connectivity index (χ1n) is 7.22. The van der Waals surface area contributed by atoms with E-state index < -0.39 is 14.9 Å². The smallest absolute Gasteiger partial charge is 0.258 e. The molecule has 1 N–H and O–H groups in total. The fourth-order valence-electron chi connectivity index (χ4n) is 2.02. The zero-order valence-electron chi connectivity index (χ0n) is 13.3. The standard InChI is InChI=1S/C16H17N3O4S/c1-3-13-5-7-14(8-6-13)11-17-18-24(22,23)15-9-4-12(2)16(10-15)19(20)21/h4-11,18H,3H2,1-2H3/b17-11+. The van der Waals surface area contributed by atoms with Crippen LogP contribution in [-0.2, 0) is 16.4 Å². The monoisotopic (exact) mass is 347 g/mol. The summed E-state index contributed by atoms with van der Waals surface area (Å²) in [6.45, 7) is 3.58. The maximum atomic E-state index is 12.2. The highest BCUT2D eigenvalue weighted by Crippen LogP contribution is 2.21. The van der Waals surface area contributed by atoms with Crippen molar-refractivity contribution >= 4 is 21.9 Å². The Hall–Kier alpha value is -2.74. The Morgan fingerprint density at radius 2 is 1.88 bits per heavy atom. The van der Waals surface area contributed by atoms with Crippen LogP contribution >= 0.6 is 0 Å². The van der Waals surface area contributed by atoms with Gasteiger partial charge in [-0.1, -0.05) is 37.3 Å². The zero-order valence-corrected chi connectivity index (χ0v) is 14.1. The molecule has 2 rings (SSSR count). The molecule has 0 spiro atoms. The molecule has 0 saturated heterocycles. The lowest BCUT2D eigenvalue weighted by Gasteiger charge is -2.04. The van der Waals surface area contributed by atoms with Crippen LogP contribution in [0.5, 0.6) is 0 Å². The van der Waals surface area contributed by atoms with Crippen LogP contribution in [0.4, 0.5) is 5.69 Å². The molecule has 0 aliphatic heterocycles. The van der Waals surface area contributed by atoms with E-state index in [4.69, 9.17) is 0 Å². The third-order valence-corrected chi connectivity index (χ3v) is 4.68.